The standard InChI is InChI=1S/C26H22FN3O8S2/c1-19-6-10-21(11-7-19)40(35,36)30(16-38-18-32)26-24-5-3-2-4-23(24)25(14-28-26)29(15-37-17-31)39(33,34)22-12-8-20(27)9-13-22/h2-14,17-18H,15-16H2,1H3. The number of aryl methyl sites for hydroxylation is 1. The topological polar surface area (TPSA) is 140 Å². The lowest BCUT2D eigenvalue weighted by Crippen LogP contribution is -2.35. The molecule has 1 aromatic heterocycles. The van der Waals surface area contributed by atoms with Crippen molar-refractivity contribution in [3.63, 3.8) is 0 Å². The van der Waals surface area contributed by atoms with Crippen LogP contribution in [0, 0.1) is 12.7 Å². The first-order valence-corrected chi connectivity index (χ1v) is 14.3. The second-order valence-electron chi connectivity index (χ2n) is 8.27. The smallest absolute Gasteiger partial charge is 0.294 e. The monoisotopic (exact) mass is 587 g/mol. The van der Waals surface area contributed by atoms with E-state index in [9.17, 15) is 30.8 Å². The number of sulfonamides is 2. The second kappa shape index (κ2) is 11.7. The molecule has 0 bridgehead atoms. The van der Waals surface area contributed by atoms with Crippen molar-refractivity contribution >= 4 is 55.3 Å². The molecule has 40 heavy (non-hydrogen) atoms. The lowest BCUT2D eigenvalue weighted by atomic mass is 10.1. The zero-order valence-electron chi connectivity index (χ0n) is 20.9. The Kier molecular flexibility index (Phi) is 8.30. The fourth-order valence-electron chi connectivity index (χ4n) is 3.84. The van der Waals surface area contributed by atoms with Crippen molar-refractivity contribution < 1.29 is 40.3 Å². The van der Waals surface area contributed by atoms with Gasteiger partial charge in [-0.1, -0.05) is 42.0 Å². The van der Waals surface area contributed by atoms with Gasteiger partial charge in [-0.05, 0) is 43.3 Å². The molecule has 14 heteroatoms. The minimum Gasteiger partial charge on any atom is -0.445 e. The lowest BCUT2D eigenvalue weighted by molar-refractivity contribution is -0.129. The zero-order chi connectivity index (χ0) is 28.9. The molecule has 11 nitrogen and oxygen atoms in total. The van der Waals surface area contributed by atoms with Crippen LogP contribution in [0.25, 0.3) is 10.8 Å². The number of ether oxygens (including phenoxy) is 2. The predicted octanol–water partition coefficient (Wildman–Crippen LogP) is 3.33. The van der Waals surface area contributed by atoms with Gasteiger partial charge in [-0.2, -0.15) is 0 Å². The SMILES string of the molecule is Cc1ccc(S(=O)(=O)N(COC=O)c2ncc(N(COC=O)S(=O)(=O)c3ccc(F)cc3)c3ccccc23)cc1. The number of rotatable bonds is 12. The minimum atomic E-state index is -4.42. The highest BCUT2D eigenvalue weighted by atomic mass is 32.2. The summed E-state index contributed by atoms with van der Waals surface area (Å²) >= 11 is 0. The number of anilines is 2. The van der Waals surface area contributed by atoms with Crippen molar-refractivity contribution in [2.45, 2.75) is 16.7 Å². The third-order valence-electron chi connectivity index (χ3n) is 5.79. The number of hydrogen-bond donors (Lipinski definition) is 0. The van der Waals surface area contributed by atoms with Gasteiger partial charge in [0.1, 0.15) is 5.82 Å². The van der Waals surface area contributed by atoms with Crippen molar-refractivity contribution in [3.8, 4) is 0 Å². The van der Waals surface area contributed by atoms with Crippen LogP contribution in [0.1, 0.15) is 5.56 Å². The van der Waals surface area contributed by atoms with Gasteiger partial charge in [-0.15, -0.1) is 0 Å². The highest BCUT2D eigenvalue weighted by Gasteiger charge is 2.32. The normalized spacial score (nSPS) is 11.6. The molecular weight excluding hydrogens is 565 g/mol. The Morgan fingerprint density at radius 2 is 1.25 bits per heavy atom. The molecule has 0 aliphatic carbocycles. The number of aromatic nitrogens is 1. The van der Waals surface area contributed by atoms with Crippen molar-refractivity contribution in [1.29, 1.82) is 0 Å². The molecule has 0 aliphatic rings. The molecule has 0 aliphatic heterocycles. The first kappa shape index (κ1) is 28.4. The summed E-state index contributed by atoms with van der Waals surface area (Å²) in [4.78, 5) is 25.9. The van der Waals surface area contributed by atoms with Gasteiger partial charge in [0, 0.05) is 10.8 Å². The van der Waals surface area contributed by atoms with E-state index in [1.807, 2.05) is 0 Å². The van der Waals surface area contributed by atoms with Crippen LogP contribution in [0.5, 0.6) is 0 Å². The van der Waals surface area contributed by atoms with Crippen molar-refractivity contribution in [3.05, 3.63) is 90.4 Å². The molecule has 0 spiro atoms. The van der Waals surface area contributed by atoms with E-state index in [1.165, 1.54) is 24.3 Å². The van der Waals surface area contributed by atoms with E-state index in [1.54, 1.807) is 31.2 Å². The zero-order valence-corrected chi connectivity index (χ0v) is 22.5. The van der Waals surface area contributed by atoms with Crippen LogP contribution in [0.4, 0.5) is 15.9 Å². The fourth-order valence-corrected chi connectivity index (χ4v) is 6.49. The van der Waals surface area contributed by atoms with Crippen molar-refractivity contribution in [2.24, 2.45) is 0 Å². The first-order chi connectivity index (χ1) is 19.1. The van der Waals surface area contributed by atoms with E-state index in [0.717, 1.165) is 44.6 Å². The van der Waals surface area contributed by atoms with Gasteiger partial charge in [-0.25, -0.2) is 34.8 Å². The van der Waals surface area contributed by atoms with Crippen LogP contribution in [-0.4, -0.2) is 48.2 Å². The summed E-state index contributed by atoms with van der Waals surface area (Å²) in [6, 6.07) is 16.2. The molecule has 0 unspecified atom stereocenters. The Morgan fingerprint density at radius 1 is 0.750 bits per heavy atom. The van der Waals surface area contributed by atoms with E-state index in [4.69, 9.17) is 9.47 Å². The molecule has 3 aromatic carbocycles. The maximum Gasteiger partial charge on any atom is 0.294 e. The van der Waals surface area contributed by atoms with E-state index in [-0.39, 0.29) is 45.0 Å². The molecule has 0 N–H and O–H groups in total. The predicted molar refractivity (Wildman–Crippen MR) is 143 cm³/mol. The summed E-state index contributed by atoms with van der Waals surface area (Å²) in [5.74, 6) is -0.809. The third kappa shape index (κ3) is 5.58. The Hall–Kier alpha value is -4.56. The largest absolute Gasteiger partial charge is 0.445 e. The number of pyridine rings is 1. The highest BCUT2D eigenvalue weighted by molar-refractivity contribution is 7.93. The number of fused-ring (bicyclic) bond motifs is 1. The number of nitrogens with zero attached hydrogens (tertiary/aromatic N) is 3. The molecular formula is C26H22FN3O8S2. The van der Waals surface area contributed by atoms with E-state index >= 15 is 0 Å². The van der Waals surface area contributed by atoms with Crippen LogP contribution in [0.3, 0.4) is 0 Å². The Morgan fingerprint density at radius 3 is 1.82 bits per heavy atom. The molecule has 4 rings (SSSR count). The van der Waals surface area contributed by atoms with Gasteiger partial charge >= 0.3 is 0 Å². The Bertz CT molecular complexity index is 1620. The van der Waals surface area contributed by atoms with Crippen LogP contribution >= 0.6 is 0 Å². The molecule has 4 aromatic rings. The summed E-state index contributed by atoms with van der Waals surface area (Å²) in [6.07, 6.45) is 1.09. The average Bonchev–Trinajstić information content (AvgIpc) is 2.94. The molecule has 1 heterocycles. The highest BCUT2D eigenvalue weighted by Crippen LogP contribution is 2.36. The second-order valence-corrected chi connectivity index (χ2v) is 12.0. The van der Waals surface area contributed by atoms with Crippen LogP contribution in [-0.2, 0) is 39.1 Å². The van der Waals surface area contributed by atoms with E-state index in [2.05, 4.69) is 4.98 Å². The fraction of sp³-hybridized carbons (Fsp3) is 0.115. The number of benzene rings is 3. The van der Waals surface area contributed by atoms with Gasteiger partial charge in [0.25, 0.3) is 33.0 Å². The lowest BCUT2D eigenvalue weighted by Gasteiger charge is -2.27. The van der Waals surface area contributed by atoms with Crippen LogP contribution < -0.4 is 8.61 Å². The van der Waals surface area contributed by atoms with Crippen LogP contribution in [0.15, 0.2) is 88.8 Å². The van der Waals surface area contributed by atoms with Gasteiger partial charge in [0.15, 0.2) is 19.3 Å². The number of carbonyl (C=O) groups excluding carboxylic acids is 2. The average molecular weight is 588 g/mol. The van der Waals surface area contributed by atoms with Crippen molar-refractivity contribution in [2.75, 3.05) is 22.1 Å². The number of hydrogen-bond acceptors (Lipinski definition) is 9. The van der Waals surface area contributed by atoms with Gasteiger partial charge in [-0.3, -0.25) is 9.59 Å². The summed E-state index contributed by atoms with van der Waals surface area (Å²) in [5.41, 5.74) is 0.761. The first-order valence-electron chi connectivity index (χ1n) is 11.5. The molecule has 208 valence electrons. The Labute approximate surface area is 229 Å². The summed E-state index contributed by atoms with van der Waals surface area (Å²) in [7, 11) is -8.73. The molecule has 0 saturated heterocycles. The quantitative estimate of drug-likeness (QED) is 0.180. The summed E-state index contributed by atoms with van der Waals surface area (Å²) in [6.45, 7) is 0.457. The van der Waals surface area contributed by atoms with Gasteiger partial charge in [0.05, 0.1) is 21.7 Å². The summed E-state index contributed by atoms with van der Waals surface area (Å²) in [5, 5.41) is 0.387. The molecule has 0 saturated carbocycles. The van der Waals surface area contributed by atoms with E-state index < -0.39 is 39.3 Å². The molecule has 0 radical (unpaired) electrons. The minimum absolute atomic E-state index is 0.0593. The summed E-state index contributed by atoms with van der Waals surface area (Å²) < 4.78 is 78.9. The van der Waals surface area contributed by atoms with Gasteiger partial charge in [0.2, 0.25) is 0 Å². The molecule has 0 amide bonds. The molecule has 0 atom stereocenters. The molecule has 0 fully saturated rings. The third-order valence-corrected chi connectivity index (χ3v) is 9.27. The number of carbonyl (C=O) groups is 2. The number of halogens is 1. The van der Waals surface area contributed by atoms with Crippen LogP contribution in [0.2, 0.25) is 0 Å². The maximum atomic E-state index is 13.6. The van der Waals surface area contributed by atoms with Gasteiger partial charge < -0.3 is 9.47 Å². The Balaban J connectivity index is 1.92. The van der Waals surface area contributed by atoms with Crippen molar-refractivity contribution in [1.82, 2.24) is 4.98 Å². The maximum absolute atomic E-state index is 13.6. The van der Waals surface area contributed by atoms with E-state index in [0.29, 0.717) is 0 Å².